The lowest BCUT2D eigenvalue weighted by atomic mass is 10.0. The molecule has 1 atom stereocenters. The van der Waals surface area contributed by atoms with Gasteiger partial charge in [-0.2, -0.15) is 0 Å². The summed E-state index contributed by atoms with van der Waals surface area (Å²) in [5, 5.41) is 15.2. The fraction of sp³-hybridized carbons (Fsp3) is 0.276. The Morgan fingerprint density at radius 3 is 2.59 bits per heavy atom. The van der Waals surface area contributed by atoms with Crippen LogP contribution in [0.1, 0.15) is 36.2 Å². The van der Waals surface area contributed by atoms with E-state index >= 15 is 0 Å². The Bertz CT molecular complexity index is 1460. The first kappa shape index (κ1) is 28.6. The first-order valence-electron chi connectivity index (χ1n) is 12.6. The number of nitrogens with one attached hydrogen (secondary N) is 2. The summed E-state index contributed by atoms with van der Waals surface area (Å²) in [7, 11) is 0. The zero-order valence-corrected chi connectivity index (χ0v) is 24.0. The molecule has 0 bridgehead atoms. The monoisotopic (exact) mass is 612 g/mol. The molecule has 10 heteroatoms. The predicted octanol–water partition coefficient (Wildman–Crippen LogP) is 5.04. The number of aromatic nitrogens is 2. The number of aliphatic hydroxyl groups excluding tert-OH is 1. The number of rotatable bonds is 11. The largest absolute Gasteiger partial charge is 0.489 e. The van der Waals surface area contributed by atoms with E-state index in [1.807, 2.05) is 67.0 Å². The fourth-order valence-corrected chi connectivity index (χ4v) is 4.75. The third-order valence-corrected chi connectivity index (χ3v) is 6.86. The normalized spacial score (nSPS) is 11.9. The Morgan fingerprint density at radius 1 is 1.15 bits per heavy atom. The summed E-state index contributed by atoms with van der Waals surface area (Å²) in [4.78, 5) is 29.8. The Morgan fingerprint density at radius 2 is 1.92 bits per heavy atom. The number of nitrogens with zero attached hydrogens (tertiary/aromatic N) is 2. The molecule has 4 rings (SSSR count). The van der Waals surface area contributed by atoms with Crippen molar-refractivity contribution in [2.24, 2.45) is 0 Å². The van der Waals surface area contributed by atoms with Crippen LogP contribution in [0.5, 0.6) is 5.75 Å². The smallest absolute Gasteiger partial charge is 0.251 e. The molecule has 2 aromatic heterocycles. The van der Waals surface area contributed by atoms with Gasteiger partial charge < -0.3 is 24.9 Å². The average molecular weight is 614 g/mol. The van der Waals surface area contributed by atoms with Gasteiger partial charge in [-0.1, -0.05) is 35.9 Å². The van der Waals surface area contributed by atoms with Crippen LogP contribution in [0.25, 0.3) is 16.9 Å². The highest BCUT2D eigenvalue weighted by atomic mass is 79.9. The molecule has 0 aliphatic heterocycles. The number of aliphatic hydroxyl groups is 1. The highest BCUT2D eigenvalue weighted by Gasteiger charge is 2.18. The van der Waals surface area contributed by atoms with Crippen LogP contribution in [-0.4, -0.2) is 51.6 Å². The van der Waals surface area contributed by atoms with Crippen molar-refractivity contribution in [1.29, 1.82) is 0 Å². The Hall–Kier alpha value is -3.40. The van der Waals surface area contributed by atoms with Crippen molar-refractivity contribution in [2.75, 3.05) is 13.2 Å². The third kappa shape index (κ3) is 7.59. The number of pyridine rings is 1. The Kier molecular flexibility index (Phi) is 9.61. The van der Waals surface area contributed by atoms with Crippen molar-refractivity contribution >= 4 is 45.0 Å². The molecule has 8 nitrogen and oxygen atoms in total. The van der Waals surface area contributed by atoms with Crippen molar-refractivity contribution in [1.82, 2.24) is 20.0 Å². The molecule has 2 aromatic carbocycles. The van der Waals surface area contributed by atoms with Crippen LogP contribution in [0.3, 0.4) is 0 Å². The SMILES string of the molecule is CC(C)Oc1ccc(C(=O)NC(CNC(=O)CCO)Cc2ccc(-c3cn4cccc(Br)c4n3)cc2)cc1Cl. The van der Waals surface area contributed by atoms with E-state index in [1.165, 1.54) is 0 Å². The molecule has 0 saturated heterocycles. The number of halogens is 2. The topological polar surface area (TPSA) is 105 Å². The number of fused-ring (bicyclic) bond motifs is 1. The van der Waals surface area contributed by atoms with Crippen molar-refractivity contribution < 1.29 is 19.4 Å². The van der Waals surface area contributed by atoms with E-state index in [1.54, 1.807) is 18.2 Å². The second kappa shape index (κ2) is 13.1. The van der Waals surface area contributed by atoms with E-state index in [2.05, 4.69) is 26.6 Å². The summed E-state index contributed by atoms with van der Waals surface area (Å²) in [6.07, 6.45) is 4.34. The van der Waals surface area contributed by atoms with Crippen LogP contribution in [0.2, 0.25) is 5.02 Å². The molecule has 4 aromatic rings. The molecule has 204 valence electrons. The second-order valence-corrected chi connectivity index (χ2v) is 10.6. The van der Waals surface area contributed by atoms with Crippen molar-refractivity contribution in [3.05, 3.63) is 87.6 Å². The number of amides is 2. The minimum Gasteiger partial charge on any atom is -0.489 e. The maximum Gasteiger partial charge on any atom is 0.251 e. The molecule has 0 radical (unpaired) electrons. The predicted molar refractivity (Wildman–Crippen MR) is 155 cm³/mol. The van der Waals surface area contributed by atoms with Crippen molar-refractivity contribution in [3.63, 3.8) is 0 Å². The Labute approximate surface area is 240 Å². The molecule has 0 spiro atoms. The van der Waals surface area contributed by atoms with Crippen LogP contribution in [-0.2, 0) is 11.2 Å². The van der Waals surface area contributed by atoms with Crippen LogP contribution < -0.4 is 15.4 Å². The number of hydrogen-bond acceptors (Lipinski definition) is 5. The summed E-state index contributed by atoms with van der Waals surface area (Å²) in [6, 6.07) is 16.3. The van der Waals surface area contributed by atoms with E-state index < -0.39 is 6.04 Å². The lowest BCUT2D eigenvalue weighted by Gasteiger charge is -2.20. The first-order valence-corrected chi connectivity index (χ1v) is 13.8. The molecular formula is C29H30BrClN4O4. The van der Waals surface area contributed by atoms with Crippen LogP contribution >= 0.6 is 27.5 Å². The molecule has 39 heavy (non-hydrogen) atoms. The summed E-state index contributed by atoms with van der Waals surface area (Å²) in [5.41, 5.74) is 4.00. The molecule has 0 aliphatic rings. The third-order valence-electron chi connectivity index (χ3n) is 5.94. The van der Waals surface area contributed by atoms with Gasteiger partial charge in [-0.15, -0.1) is 0 Å². The van der Waals surface area contributed by atoms with Gasteiger partial charge in [0, 0.05) is 36.5 Å². The van der Waals surface area contributed by atoms with Crippen molar-refractivity contribution in [2.45, 2.75) is 38.8 Å². The van der Waals surface area contributed by atoms with Crippen LogP contribution in [0.15, 0.2) is 71.5 Å². The van der Waals surface area contributed by atoms with Gasteiger partial charge in [0.15, 0.2) is 5.65 Å². The number of hydrogen-bond donors (Lipinski definition) is 3. The molecule has 1 unspecified atom stereocenters. The van der Waals surface area contributed by atoms with E-state index in [-0.39, 0.29) is 37.5 Å². The van der Waals surface area contributed by atoms with Gasteiger partial charge in [-0.05, 0) is 72.1 Å². The number of ether oxygens (including phenoxy) is 1. The highest BCUT2D eigenvalue weighted by Crippen LogP contribution is 2.27. The molecule has 2 amide bonds. The number of carbonyl (C=O) groups is 2. The maximum atomic E-state index is 13.1. The molecule has 0 aliphatic carbocycles. The quantitative estimate of drug-likeness (QED) is 0.220. The molecule has 3 N–H and O–H groups in total. The van der Waals surface area contributed by atoms with Gasteiger partial charge in [-0.3, -0.25) is 9.59 Å². The number of imidazole rings is 1. The summed E-state index contributed by atoms with van der Waals surface area (Å²) in [6.45, 7) is 3.76. The Balaban J connectivity index is 1.48. The van der Waals surface area contributed by atoms with E-state index in [4.69, 9.17) is 26.4 Å². The van der Waals surface area contributed by atoms with E-state index in [0.717, 1.165) is 26.9 Å². The minimum absolute atomic E-state index is 0.00257. The summed E-state index contributed by atoms with van der Waals surface area (Å²) < 4.78 is 8.53. The molecular weight excluding hydrogens is 584 g/mol. The zero-order valence-electron chi connectivity index (χ0n) is 21.7. The molecule has 0 saturated carbocycles. The highest BCUT2D eigenvalue weighted by molar-refractivity contribution is 9.10. The van der Waals surface area contributed by atoms with Crippen molar-refractivity contribution in [3.8, 4) is 17.0 Å². The van der Waals surface area contributed by atoms with Gasteiger partial charge in [0.1, 0.15) is 5.75 Å². The second-order valence-electron chi connectivity index (χ2n) is 9.37. The van der Waals surface area contributed by atoms with E-state index in [0.29, 0.717) is 22.8 Å². The fourth-order valence-electron chi connectivity index (χ4n) is 4.08. The first-order chi connectivity index (χ1) is 18.7. The number of carbonyl (C=O) groups excluding carboxylic acids is 2. The van der Waals surface area contributed by atoms with Gasteiger partial charge in [0.05, 0.1) is 33.9 Å². The van der Waals surface area contributed by atoms with Gasteiger partial charge in [0.25, 0.3) is 5.91 Å². The minimum atomic E-state index is -0.400. The van der Waals surface area contributed by atoms with Gasteiger partial charge >= 0.3 is 0 Å². The standard InChI is InChI=1S/C29H30BrClN4O4/c1-18(2)39-26-10-9-21(15-24(26)31)29(38)33-22(16-32-27(37)11-13-36)14-19-5-7-20(8-6-19)25-17-35-12-3-4-23(30)28(35)34-25/h3-10,12,15,17-18,22,36H,11,13-14,16H2,1-2H3,(H,32,37)(H,33,38). The van der Waals surface area contributed by atoms with E-state index in [9.17, 15) is 9.59 Å². The van der Waals surface area contributed by atoms with Gasteiger partial charge in [-0.25, -0.2) is 4.98 Å². The zero-order chi connectivity index (χ0) is 27.9. The van der Waals surface area contributed by atoms with Crippen LogP contribution in [0, 0.1) is 0 Å². The van der Waals surface area contributed by atoms with Gasteiger partial charge in [0.2, 0.25) is 5.91 Å². The average Bonchev–Trinajstić information content (AvgIpc) is 3.34. The lowest BCUT2D eigenvalue weighted by Crippen LogP contribution is -2.45. The molecule has 2 heterocycles. The van der Waals surface area contributed by atoms with Crippen LogP contribution in [0.4, 0.5) is 0 Å². The summed E-state index contributed by atoms with van der Waals surface area (Å²) >= 11 is 9.86. The lowest BCUT2D eigenvalue weighted by molar-refractivity contribution is -0.121. The number of benzene rings is 2. The molecule has 0 fully saturated rings. The summed E-state index contributed by atoms with van der Waals surface area (Å²) in [5.74, 6) is -0.0984. The maximum absolute atomic E-state index is 13.1.